The van der Waals surface area contributed by atoms with E-state index >= 15 is 0 Å². The average molecular weight is 284 g/mol. The predicted octanol–water partition coefficient (Wildman–Crippen LogP) is 2.84. The zero-order valence-electron chi connectivity index (χ0n) is 9.17. The van der Waals surface area contributed by atoms with Gasteiger partial charge in [0.05, 0.1) is 5.69 Å². The molecule has 2 aromatic carbocycles. The summed E-state index contributed by atoms with van der Waals surface area (Å²) in [7, 11) is -4.40. The number of hydrogen-bond acceptors (Lipinski definition) is 3. The first kappa shape index (κ1) is 12.9. The molecule has 94 valence electrons. The maximum absolute atomic E-state index is 11.2. The molecule has 0 aliphatic carbocycles. The fourth-order valence-electron chi connectivity index (χ4n) is 1.66. The lowest BCUT2D eigenvalue weighted by Crippen LogP contribution is -2.04. The third-order valence-electron chi connectivity index (χ3n) is 2.47. The minimum absolute atomic E-state index is 0.0203. The molecular formula is C12H10ClNO3S. The van der Waals surface area contributed by atoms with Crippen molar-refractivity contribution in [3.05, 3.63) is 47.5 Å². The number of anilines is 1. The van der Waals surface area contributed by atoms with Crippen molar-refractivity contribution in [2.45, 2.75) is 4.90 Å². The van der Waals surface area contributed by atoms with Crippen LogP contribution in [-0.2, 0) is 10.1 Å². The number of halogens is 1. The van der Waals surface area contributed by atoms with E-state index in [0.717, 1.165) is 11.6 Å². The minimum Gasteiger partial charge on any atom is -0.397 e. The molecule has 0 heterocycles. The predicted molar refractivity (Wildman–Crippen MR) is 71.1 cm³/mol. The van der Waals surface area contributed by atoms with Crippen molar-refractivity contribution in [2.24, 2.45) is 0 Å². The molecule has 0 aromatic heterocycles. The van der Waals surface area contributed by atoms with Gasteiger partial charge < -0.3 is 5.73 Å². The van der Waals surface area contributed by atoms with Crippen LogP contribution in [0, 0.1) is 0 Å². The third-order valence-corrected chi connectivity index (χ3v) is 3.58. The van der Waals surface area contributed by atoms with Crippen LogP contribution < -0.4 is 5.73 Å². The first-order chi connectivity index (χ1) is 8.39. The van der Waals surface area contributed by atoms with Crippen molar-refractivity contribution in [3.8, 4) is 11.1 Å². The first-order valence-corrected chi connectivity index (χ1v) is 6.83. The van der Waals surface area contributed by atoms with Crippen molar-refractivity contribution in [2.75, 3.05) is 5.73 Å². The van der Waals surface area contributed by atoms with Gasteiger partial charge in [-0.3, -0.25) is 4.55 Å². The van der Waals surface area contributed by atoms with E-state index in [1.807, 2.05) is 6.07 Å². The van der Waals surface area contributed by atoms with Gasteiger partial charge in [0.25, 0.3) is 10.1 Å². The number of benzene rings is 2. The molecule has 0 saturated carbocycles. The lowest BCUT2D eigenvalue weighted by Gasteiger charge is -2.10. The second kappa shape index (κ2) is 4.61. The maximum atomic E-state index is 11.2. The van der Waals surface area contributed by atoms with E-state index in [9.17, 15) is 8.42 Å². The van der Waals surface area contributed by atoms with Crippen LogP contribution in [0.4, 0.5) is 5.69 Å². The van der Waals surface area contributed by atoms with Crippen molar-refractivity contribution in [3.63, 3.8) is 0 Å². The second-order valence-electron chi connectivity index (χ2n) is 3.71. The second-order valence-corrected chi connectivity index (χ2v) is 5.53. The monoisotopic (exact) mass is 283 g/mol. The van der Waals surface area contributed by atoms with Gasteiger partial charge in [0.1, 0.15) is 4.90 Å². The van der Waals surface area contributed by atoms with E-state index < -0.39 is 10.1 Å². The molecule has 0 amide bonds. The summed E-state index contributed by atoms with van der Waals surface area (Å²) < 4.78 is 31.5. The van der Waals surface area contributed by atoms with Gasteiger partial charge in [0.15, 0.2) is 0 Å². The molecule has 0 aliphatic heterocycles. The van der Waals surface area contributed by atoms with Crippen LogP contribution in [-0.4, -0.2) is 13.0 Å². The van der Waals surface area contributed by atoms with Gasteiger partial charge in [-0.25, -0.2) is 0 Å². The van der Waals surface area contributed by atoms with Crippen LogP contribution in [0.1, 0.15) is 0 Å². The molecule has 0 spiro atoms. The van der Waals surface area contributed by atoms with E-state index in [1.54, 1.807) is 30.3 Å². The quantitative estimate of drug-likeness (QED) is 0.656. The molecule has 0 aliphatic rings. The number of nitrogen functional groups attached to an aromatic ring is 1. The summed E-state index contributed by atoms with van der Waals surface area (Å²) in [6, 6.07) is 11.6. The van der Waals surface area contributed by atoms with E-state index in [1.165, 1.54) is 0 Å². The Kier molecular flexibility index (Phi) is 3.30. The molecule has 0 atom stereocenters. The van der Waals surface area contributed by atoms with Crippen LogP contribution in [0.25, 0.3) is 11.1 Å². The standard InChI is InChI=1S/C12H10ClNO3S/c13-9-6-10(8-4-2-1-3-5-8)12(14)11(7-9)18(15,16)17/h1-7H,14H2,(H,15,16,17). The minimum atomic E-state index is -4.40. The highest BCUT2D eigenvalue weighted by molar-refractivity contribution is 7.86. The summed E-state index contributed by atoms with van der Waals surface area (Å²) in [5.74, 6) is 0. The molecule has 0 radical (unpaired) electrons. The summed E-state index contributed by atoms with van der Waals surface area (Å²) in [5, 5.41) is 0.190. The van der Waals surface area contributed by atoms with Crippen molar-refractivity contribution in [1.29, 1.82) is 0 Å². The summed E-state index contributed by atoms with van der Waals surface area (Å²) in [6.07, 6.45) is 0. The average Bonchev–Trinajstić information content (AvgIpc) is 2.31. The lowest BCUT2D eigenvalue weighted by atomic mass is 10.0. The van der Waals surface area contributed by atoms with Crippen molar-refractivity contribution >= 4 is 27.4 Å². The molecule has 4 nitrogen and oxygen atoms in total. The molecule has 2 rings (SSSR count). The summed E-state index contributed by atoms with van der Waals surface area (Å²) in [5.41, 5.74) is 6.94. The van der Waals surface area contributed by atoms with Gasteiger partial charge in [0, 0.05) is 10.6 Å². The molecule has 3 N–H and O–H groups in total. The Labute approximate surface area is 110 Å². The highest BCUT2D eigenvalue weighted by Crippen LogP contribution is 2.34. The third kappa shape index (κ3) is 2.48. The van der Waals surface area contributed by atoms with Gasteiger partial charge >= 0.3 is 0 Å². The van der Waals surface area contributed by atoms with Crippen molar-refractivity contribution < 1.29 is 13.0 Å². The van der Waals surface area contributed by atoms with Gasteiger partial charge in [-0.2, -0.15) is 8.42 Å². The Morgan fingerprint density at radius 2 is 1.72 bits per heavy atom. The number of rotatable bonds is 2. The Morgan fingerprint density at radius 3 is 2.28 bits per heavy atom. The maximum Gasteiger partial charge on any atom is 0.296 e. The van der Waals surface area contributed by atoms with Gasteiger partial charge in [-0.1, -0.05) is 41.9 Å². The van der Waals surface area contributed by atoms with Crippen LogP contribution in [0.2, 0.25) is 5.02 Å². The topological polar surface area (TPSA) is 80.4 Å². The molecule has 0 bridgehead atoms. The largest absolute Gasteiger partial charge is 0.397 e. The van der Waals surface area contributed by atoms with Crippen LogP contribution >= 0.6 is 11.6 Å². The summed E-state index contributed by atoms with van der Waals surface area (Å²) in [6.45, 7) is 0. The van der Waals surface area contributed by atoms with E-state index in [4.69, 9.17) is 21.9 Å². The smallest absolute Gasteiger partial charge is 0.296 e. The Morgan fingerprint density at radius 1 is 1.11 bits per heavy atom. The molecule has 18 heavy (non-hydrogen) atoms. The summed E-state index contributed by atoms with van der Waals surface area (Å²) in [4.78, 5) is -0.381. The van der Waals surface area contributed by atoms with E-state index in [2.05, 4.69) is 0 Å². The van der Waals surface area contributed by atoms with E-state index in [0.29, 0.717) is 5.56 Å². The molecule has 0 unspecified atom stereocenters. The zero-order valence-corrected chi connectivity index (χ0v) is 10.7. The van der Waals surface area contributed by atoms with Crippen molar-refractivity contribution in [1.82, 2.24) is 0 Å². The van der Waals surface area contributed by atoms with Crippen LogP contribution in [0.5, 0.6) is 0 Å². The lowest BCUT2D eigenvalue weighted by molar-refractivity contribution is 0.483. The molecule has 0 fully saturated rings. The highest BCUT2D eigenvalue weighted by Gasteiger charge is 2.18. The Hall–Kier alpha value is -1.56. The molecular weight excluding hydrogens is 274 g/mol. The van der Waals surface area contributed by atoms with Gasteiger partial charge in [0.2, 0.25) is 0 Å². The van der Waals surface area contributed by atoms with Gasteiger partial charge in [-0.15, -0.1) is 0 Å². The fourth-order valence-corrected chi connectivity index (χ4v) is 2.61. The van der Waals surface area contributed by atoms with Crippen LogP contribution in [0.3, 0.4) is 0 Å². The normalized spacial score (nSPS) is 11.4. The SMILES string of the molecule is Nc1c(-c2ccccc2)cc(Cl)cc1S(=O)(=O)O. The fraction of sp³-hybridized carbons (Fsp3) is 0. The highest BCUT2D eigenvalue weighted by atomic mass is 35.5. The van der Waals surface area contributed by atoms with E-state index in [-0.39, 0.29) is 15.6 Å². The number of nitrogens with two attached hydrogens (primary N) is 1. The molecule has 0 saturated heterocycles. The first-order valence-electron chi connectivity index (χ1n) is 5.01. The van der Waals surface area contributed by atoms with Gasteiger partial charge in [-0.05, 0) is 17.7 Å². The molecule has 2 aromatic rings. The Balaban J connectivity index is 2.75. The summed E-state index contributed by atoms with van der Waals surface area (Å²) >= 11 is 5.85. The zero-order chi connectivity index (χ0) is 13.3. The number of hydrogen-bond donors (Lipinski definition) is 2. The van der Waals surface area contributed by atoms with Crippen LogP contribution in [0.15, 0.2) is 47.4 Å². The Bertz CT molecular complexity index is 684. The molecule has 6 heteroatoms.